The molecule has 2 aromatic rings. The van der Waals surface area contributed by atoms with Gasteiger partial charge in [0.15, 0.2) is 0 Å². The fourth-order valence-corrected chi connectivity index (χ4v) is 3.29. The van der Waals surface area contributed by atoms with Gasteiger partial charge < -0.3 is 0 Å². The van der Waals surface area contributed by atoms with Crippen LogP contribution in [0, 0.1) is 6.92 Å². The molecule has 1 aromatic carbocycles. The lowest BCUT2D eigenvalue weighted by Crippen LogP contribution is -2.22. The summed E-state index contributed by atoms with van der Waals surface area (Å²) in [6.07, 6.45) is 0. The lowest BCUT2D eigenvalue weighted by molar-refractivity contribution is 0.581. The second kappa shape index (κ2) is 5.00. The molecule has 1 N–H and O–H groups in total. The summed E-state index contributed by atoms with van der Waals surface area (Å²) in [6, 6.07) is 10.7. The van der Waals surface area contributed by atoms with E-state index in [1.807, 2.05) is 30.5 Å². The van der Waals surface area contributed by atoms with Crippen LogP contribution in [0.5, 0.6) is 0 Å². The molecule has 0 radical (unpaired) electrons. The predicted octanol–water partition coefficient (Wildman–Crippen LogP) is 2.54. The van der Waals surface area contributed by atoms with E-state index in [1.165, 1.54) is 11.3 Å². The number of hydrogen-bond acceptors (Lipinski definition) is 3. The summed E-state index contributed by atoms with van der Waals surface area (Å²) in [7, 11) is -3.40. The van der Waals surface area contributed by atoms with Crippen LogP contribution in [-0.2, 0) is 16.6 Å². The summed E-state index contributed by atoms with van der Waals surface area (Å²) in [5.41, 5.74) is 0.934. The zero-order chi connectivity index (χ0) is 12.3. The van der Waals surface area contributed by atoms with E-state index >= 15 is 0 Å². The van der Waals surface area contributed by atoms with Crippen LogP contribution in [0.3, 0.4) is 0 Å². The van der Waals surface area contributed by atoms with Crippen molar-refractivity contribution in [3.05, 3.63) is 52.2 Å². The molecule has 17 heavy (non-hydrogen) atoms. The van der Waals surface area contributed by atoms with E-state index in [1.54, 1.807) is 18.2 Å². The minimum absolute atomic E-state index is 0.314. The molecule has 0 fully saturated rings. The van der Waals surface area contributed by atoms with Gasteiger partial charge in [0.25, 0.3) is 0 Å². The Kier molecular flexibility index (Phi) is 3.61. The van der Waals surface area contributed by atoms with Crippen LogP contribution in [0.4, 0.5) is 0 Å². The Morgan fingerprint density at radius 2 is 2.06 bits per heavy atom. The molecule has 0 atom stereocenters. The van der Waals surface area contributed by atoms with E-state index in [-0.39, 0.29) is 0 Å². The summed E-state index contributed by atoms with van der Waals surface area (Å²) in [5.74, 6) is 0. The third-order valence-corrected chi connectivity index (χ3v) is 4.59. The van der Waals surface area contributed by atoms with Crippen molar-refractivity contribution in [3.8, 4) is 0 Å². The van der Waals surface area contributed by atoms with Gasteiger partial charge in [-0.3, -0.25) is 0 Å². The highest BCUT2D eigenvalue weighted by atomic mass is 32.2. The van der Waals surface area contributed by atoms with Gasteiger partial charge in [0.1, 0.15) is 0 Å². The molecule has 1 aromatic heterocycles. The molecule has 0 unspecified atom stereocenters. The lowest BCUT2D eigenvalue weighted by atomic mass is 10.2. The Labute approximate surface area is 105 Å². The zero-order valence-corrected chi connectivity index (χ0v) is 11.0. The average molecular weight is 267 g/mol. The van der Waals surface area contributed by atoms with Crippen molar-refractivity contribution < 1.29 is 8.42 Å². The van der Waals surface area contributed by atoms with Crippen LogP contribution in [0.1, 0.15) is 10.4 Å². The van der Waals surface area contributed by atoms with Crippen LogP contribution >= 0.6 is 11.3 Å². The van der Waals surface area contributed by atoms with Crippen LogP contribution in [0.15, 0.2) is 46.7 Å². The van der Waals surface area contributed by atoms with E-state index in [2.05, 4.69) is 4.72 Å². The molecule has 0 amide bonds. The fourth-order valence-electron chi connectivity index (χ4n) is 1.45. The van der Waals surface area contributed by atoms with Crippen molar-refractivity contribution in [2.45, 2.75) is 18.4 Å². The van der Waals surface area contributed by atoms with Crippen molar-refractivity contribution in [3.63, 3.8) is 0 Å². The predicted molar refractivity (Wildman–Crippen MR) is 69.5 cm³/mol. The Morgan fingerprint density at radius 3 is 2.71 bits per heavy atom. The van der Waals surface area contributed by atoms with E-state index in [4.69, 9.17) is 0 Å². The largest absolute Gasteiger partial charge is 0.240 e. The van der Waals surface area contributed by atoms with Gasteiger partial charge >= 0.3 is 0 Å². The molecule has 0 saturated carbocycles. The highest BCUT2D eigenvalue weighted by Gasteiger charge is 2.13. The standard InChI is InChI=1S/C12H13NO2S2/c1-10-4-2-6-12(8-10)17(14,15)13-9-11-5-3-7-16-11/h2-8,13H,9H2,1H3. The number of sulfonamides is 1. The van der Waals surface area contributed by atoms with E-state index in [0.29, 0.717) is 11.4 Å². The monoisotopic (exact) mass is 267 g/mol. The van der Waals surface area contributed by atoms with E-state index in [0.717, 1.165) is 10.4 Å². The maximum Gasteiger partial charge on any atom is 0.240 e. The van der Waals surface area contributed by atoms with Crippen LogP contribution in [0.25, 0.3) is 0 Å². The molecular weight excluding hydrogens is 254 g/mol. The first-order chi connectivity index (χ1) is 8.08. The third-order valence-electron chi connectivity index (χ3n) is 2.32. The molecule has 0 saturated heterocycles. The van der Waals surface area contributed by atoms with Gasteiger partial charge in [-0.2, -0.15) is 0 Å². The van der Waals surface area contributed by atoms with Gasteiger partial charge in [-0.1, -0.05) is 18.2 Å². The molecule has 2 rings (SSSR count). The second-order valence-corrected chi connectivity index (χ2v) is 6.52. The minimum Gasteiger partial charge on any atom is -0.207 e. The normalized spacial score (nSPS) is 11.6. The van der Waals surface area contributed by atoms with Gasteiger partial charge in [0.05, 0.1) is 4.90 Å². The van der Waals surface area contributed by atoms with Crippen LogP contribution in [-0.4, -0.2) is 8.42 Å². The Bertz CT molecular complexity index is 589. The fraction of sp³-hybridized carbons (Fsp3) is 0.167. The summed E-state index contributed by atoms with van der Waals surface area (Å²) in [5, 5.41) is 1.93. The Morgan fingerprint density at radius 1 is 1.24 bits per heavy atom. The molecule has 3 nitrogen and oxygen atoms in total. The zero-order valence-electron chi connectivity index (χ0n) is 9.38. The van der Waals surface area contributed by atoms with Gasteiger partial charge in [-0.25, -0.2) is 13.1 Å². The van der Waals surface area contributed by atoms with Gasteiger partial charge in [0.2, 0.25) is 10.0 Å². The molecule has 0 bridgehead atoms. The van der Waals surface area contributed by atoms with Gasteiger partial charge in [-0.15, -0.1) is 11.3 Å². The first-order valence-corrected chi connectivity index (χ1v) is 7.53. The third kappa shape index (κ3) is 3.15. The summed E-state index contributed by atoms with van der Waals surface area (Å²) >= 11 is 1.54. The van der Waals surface area contributed by atoms with E-state index < -0.39 is 10.0 Å². The number of hydrogen-bond donors (Lipinski definition) is 1. The number of nitrogens with one attached hydrogen (secondary N) is 1. The van der Waals surface area contributed by atoms with Crippen LogP contribution in [0.2, 0.25) is 0 Å². The van der Waals surface area contributed by atoms with E-state index in [9.17, 15) is 8.42 Å². The summed E-state index contributed by atoms with van der Waals surface area (Å²) in [6.45, 7) is 2.21. The average Bonchev–Trinajstić information content (AvgIpc) is 2.79. The topological polar surface area (TPSA) is 46.2 Å². The maximum atomic E-state index is 12.0. The van der Waals surface area contributed by atoms with Crippen molar-refractivity contribution in [1.29, 1.82) is 0 Å². The molecule has 0 spiro atoms. The summed E-state index contributed by atoms with van der Waals surface area (Å²) < 4.78 is 26.5. The quantitative estimate of drug-likeness (QED) is 0.925. The molecule has 1 heterocycles. The number of rotatable bonds is 4. The SMILES string of the molecule is Cc1cccc(S(=O)(=O)NCc2cccs2)c1. The second-order valence-electron chi connectivity index (χ2n) is 3.72. The Hall–Kier alpha value is -1.17. The molecular formula is C12H13NO2S2. The first kappa shape index (κ1) is 12.3. The molecule has 90 valence electrons. The highest BCUT2D eigenvalue weighted by Crippen LogP contribution is 2.13. The number of benzene rings is 1. The van der Waals surface area contributed by atoms with Crippen molar-refractivity contribution >= 4 is 21.4 Å². The number of thiophene rings is 1. The number of aryl methyl sites for hydroxylation is 1. The highest BCUT2D eigenvalue weighted by molar-refractivity contribution is 7.89. The summed E-state index contributed by atoms with van der Waals surface area (Å²) in [4.78, 5) is 1.32. The molecule has 0 aliphatic carbocycles. The van der Waals surface area contributed by atoms with Crippen molar-refractivity contribution in [2.24, 2.45) is 0 Å². The first-order valence-electron chi connectivity index (χ1n) is 5.17. The van der Waals surface area contributed by atoms with Crippen molar-refractivity contribution in [1.82, 2.24) is 4.72 Å². The Balaban J connectivity index is 2.14. The molecule has 0 aliphatic heterocycles. The maximum absolute atomic E-state index is 12.0. The molecule has 0 aliphatic rings. The smallest absolute Gasteiger partial charge is 0.207 e. The van der Waals surface area contributed by atoms with Crippen LogP contribution < -0.4 is 4.72 Å². The van der Waals surface area contributed by atoms with Gasteiger partial charge in [0, 0.05) is 11.4 Å². The minimum atomic E-state index is -3.40. The van der Waals surface area contributed by atoms with Gasteiger partial charge in [-0.05, 0) is 36.1 Å². The van der Waals surface area contributed by atoms with Crippen molar-refractivity contribution in [2.75, 3.05) is 0 Å². The lowest BCUT2D eigenvalue weighted by Gasteiger charge is -2.06. The molecule has 5 heteroatoms.